The van der Waals surface area contributed by atoms with Crippen LogP contribution in [0.5, 0.6) is 0 Å². The molecule has 6 nitrogen and oxygen atoms in total. The number of nitrogens with zero attached hydrogens (tertiary/aromatic N) is 1. The van der Waals surface area contributed by atoms with Crippen molar-refractivity contribution >= 4 is 15.7 Å². The fraction of sp³-hybridized carbons (Fsp3) is 0.182. The maximum atomic E-state index is 11.8. The molecular formula is C11H14N4O2S. The van der Waals surface area contributed by atoms with Gasteiger partial charge < -0.3 is 5.73 Å². The third-order valence-electron chi connectivity index (χ3n) is 2.44. The van der Waals surface area contributed by atoms with E-state index >= 15 is 0 Å². The monoisotopic (exact) mass is 266 g/mol. The zero-order chi connectivity index (χ0) is 13.0. The van der Waals surface area contributed by atoms with Crippen molar-refractivity contribution in [3.05, 3.63) is 47.8 Å². The number of hydrogen-bond acceptors (Lipinski definition) is 4. The number of nitrogens with two attached hydrogens (primary N) is 1. The fourth-order valence-corrected chi connectivity index (χ4v) is 2.64. The van der Waals surface area contributed by atoms with Crippen LogP contribution in [0.2, 0.25) is 0 Å². The highest BCUT2D eigenvalue weighted by Gasteiger charge is 2.13. The first-order valence-corrected chi connectivity index (χ1v) is 7.01. The lowest BCUT2D eigenvalue weighted by Crippen LogP contribution is -2.25. The van der Waals surface area contributed by atoms with Crippen molar-refractivity contribution in [3.8, 4) is 0 Å². The van der Waals surface area contributed by atoms with Crippen LogP contribution < -0.4 is 10.5 Å². The van der Waals surface area contributed by atoms with E-state index in [0.29, 0.717) is 16.9 Å². The number of nitrogen functional groups attached to an aromatic ring is 1. The molecule has 2 rings (SSSR count). The number of rotatable bonds is 5. The van der Waals surface area contributed by atoms with Crippen molar-refractivity contribution in [3.63, 3.8) is 0 Å². The van der Waals surface area contributed by atoms with Crippen LogP contribution in [-0.2, 0) is 22.3 Å². The molecule has 1 aromatic heterocycles. The molecule has 0 spiro atoms. The van der Waals surface area contributed by atoms with E-state index in [1.54, 1.807) is 36.5 Å². The summed E-state index contributed by atoms with van der Waals surface area (Å²) in [4.78, 5) is 0. The van der Waals surface area contributed by atoms with Crippen LogP contribution in [0, 0.1) is 0 Å². The van der Waals surface area contributed by atoms with Gasteiger partial charge in [-0.2, -0.15) is 5.10 Å². The van der Waals surface area contributed by atoms with Crippen LogP contribution in [0.1, 0.15) is 11.3 Å². The van der Waals surface area contributed by atoms with E-state index in [4.69, 9.17) is 5.73 Å². The average Bonchev–Trinajstić information content (AvgIpc) is 2.83. The van der Waals surface area contributed by atoms with Gasteiger partial charge in [0.2, 0.25) is 10.0 Å². The van der Waals surface area contributed by atoms with Crippen molar-refractivity contribution in [1.29, 1.82) is 0 Å². The van der Waals surface area contributed by atoms with E-state index in [-0.39, 0.29) is 12.3 Å². The number of anilines is 1. The second-order valence-corrected chi connectivity index (χ2v) is 5.67. The molecule has 0 radical (unpaired) electrons. The third-order valence-corrected chi connectivity index (χ3v) is 3.72. The third kappa shape index (κ3) is 3.31. The number of aromatic amines is 1. The molecule has 0 aliphatic carbocycles. The van der Waals surface area contributed by atoms with Crippen molar-refractivity contribution < 1.29 is 8.42 Å². The maximum absolute atomic E-state index is 11.8. The second kappa shape index (κ2) is 5.19. The van der Waals surface area contributed by atoms with Crippen LogP contribution in [0.4, 0.5) is 5.69 Å². The van der Waals surface area contributed by atoms with Gasteiger partial charge in [-0.15, -0.1) is 0 Å². The predicted molar refractivity (Wildman–Crippen MR) is 68.9 cm³/mol. The van der Waals surface area contributed by atoms with Gasteiger partial charge >= 0.3 is 0 Å². The summed E-state index contributed by atoms with van der Waals surface area (Å²) in [5.41, 5.74) is 7.49. The van der Waals surface area contributed by atoms with Crippen LogP contribution in [0.3, 0.4) is 0 Å². The summed E-state index contributed by atoms with van der Waals surface area (Å²) in [6, 6.07) is 8.61. The Kier molecular flexibility index (Phi) is 3.63. The average molecular weight is 266 g/mol. The topological polar surface area (TPSA) is 101 Å². The SMILES string of the molecule is Nc1ccccc1CS(=O)(=O)NCc1ccn[nH]1. The molecule has 1 aromatic carbocycles. The summed E-state index contributed by atoms with van der Waals surface area (Å²) in [7, 11) is -3.41. The van der Waals surface area contributed by atoms with E-state index in [0.717, 1.165) is 0 Å². The molecule has 4 N–H and O–H groups in total. The lowest BCUT2D eigenvalue weighted by atomic mass is 10.2. The number of hydrogen-bond donors (Lipinski definition) is 3. The summed E-state index contributed by atoms with van der Waals surface area (Å²) >= 11 is 0. The van der Waals surface area contributed by atoms with Gasteiger partial charge in [-0.05, 0) is 17.7 Å². The summed E-state index contributed by atoms with van der Waals surface area (Å²) < 4.78 is 26.2. The van der Waals surface area contributed by atoms with Crippen LogP contribution in [0.15, 0.2) is 36.5 Å². The predicted octanol–water partition coefficient (Wildman–Crippen LogP) is 0.611. The molecule has 18 heavy (non-hydrogen) atoms. The van der Waals surface area contributed by atoms with E-state index in [2.05, 4.69) is 14.9 Å². The molecule has 0 bridgehead atoms. The Hall–Kier alpha value is -1.86. The molecule has 0 amide bonds. The fourth-order valence-electron chi connectivity index (χ4n) is 1.49. The molecule has 0 fully saturated rings. The lowest BCUT2D eigenvalue weighted by molar-refractivity contribution is 0.579. The maximum Gasteiger partial charge on any atom is 0.216 e. The van der Waals surface area contributed by atoms with Crippen molar-refractivity contribution in [2.45, 2.75) is 12.3 Å². The Morgan fingerprint density at radius 1 is 1.28 bits per heavy atom. The van der Waals surface area contributed by atoms with E-state index in [1.165, 1.54) is 0 Å². The minimum atomic E-state index is -3.41. The standard InChI is InChI=1S/C11H14N4O2S/c12-11-4-2-1-3-9(11)8-18(16,17)14-7-10-5-6-13-15-10/h1-6,14H,7-8,12H2,(H,13,15). The van der Waals surface area contributed by atoms with Crippen LogP contribution in [0.25, 0.3) is 0 Å². The van der Waals surface area contributed by atoms with Gasteiger partial charge in [0.25, 0.3) is 0 Å². The minimum absolute atomic E-state index is 0.131. The zero-order valence-electron chi connectivity index (χ0n) is 9.63. The molecule has 0 aliphatic rings. The van der Waals surface area contributed by atoms with Crippen molar-refractivity contribution in [2.24, 2.45) is 0 Å². The second-order valence-electron chi connectivity index (χ2n) is 3.86. The Morgan fingerprint density at radius 3 is 2.72 bits per heavy atom. The van der Waals surface area contributed by atoms with Gasteiger partial charge in [-0.25, -0.2) is 13.1 Å². The van der Waals surface area contributed by atoms with Gasteiger partial charge in [0.05, 0.1) is 18.0 Å². The summed E-state index contributed by atoms with van der Waals surface area (Å²) in [5, 5.41) is 6.42. The van der Waals surface area contributed by atoms with Gasteiger partial charge in [0.15, 0.2) is 0 Å². The molecule has 96 valence electrons. The van der Waals surface area contributed by atoms with Crippen LogP contribution >= 0.6 is 0 Å². The highest BCUT2D eigenvalue weighted by molar-refractivity contribution is 7.88. The molecule has 1 heterocycles. The lowest BCUT2D eigenvalue weighted by Gasteiger charge is -2.07. The number of para-hydroxylation sites is 1. The van der Waals surface area contributed by atoms with Gasteiger partial charge in [-0.3, -0.25) is 5.10 Å². The van der Waals surface area contributed by atoms with Gasteiger partial charge in [-0.1, -0.05) is 18.2 Å². The Labute approximate surface area is 105 Å². The van der Waals surface area contributed by atoms with E-state index < -0.39 is 10.0 Å². The molecule has 0 saturated carbocycles. The molecular weight excluding hydrogens is 252 g/mol. The minimum Gasteiger partial charge on any atom is -0.398 e. The molecule has 7 heteroatoms. The Balaban J connectivity index is 2.02. The van der Waals surface area contributed by atoms with Crippen molar-refractivity contribution in [2.75, 3.05) is 5.73 Å². The quantitative estimate of drug-likeness (QED) is 0.690. The Morgan fingerprint density at radius 2 is 2.06 bits per heavy atom. The zero-order valence-corrected chi connectivity index (χ0v) is 10.4. The highest BCUT2D eigenvalue weighted by atomic mass is 32.2. The normalized spacial score (nSPS) is 11.6. The molecule has 0 saturated heterocycles. The van der Waals surface area contributed by atoms with Crippen molar-refractivity contribution in [1.82, 2.24) is 14.9 Å². The number of H-pyrrole nitrogens is 1. The number of sulfonamides is 1. The van der Waals surface area contributed by atoms with Gasteiger partial charge in [0.1, 0.15) is 0 Å². The smallest absolute Gasteiger partial charge is 0.216 e. The largest absolute Gasteiger partial charge is 0.398 e. The molecule has 2 aromatic rings. The van der Waals surface area contributed by atoms with Crippen LogP contribution in [-0.4, -0.2) is 18.6 Å². The molecule has 0 atom stereocenters. The Bertz CT molecular complexity index is 608. The first-order chi connectivity index (χ1) is 8.57. The summed E-state index contributed by atoms with van der Waals surface area (Å²) in [6.07, 6.45) is 1.57. The molecule has 0 unspecified atom stereocenters. The molecule has 0 aliphatic heterocycles. The first kappa shape index (κ1) is 12.6. The van der Waals surface area contributed by atoms with Gasteiger partial charge in [0, 0.05) is 11.9 Å². The summed E-state index contributed by atoms with van der Waals surface area (Å²) in [6.45, 7) is 0.190. The van der Waals surface area contributed by atoms with E-state index in [1.807, 2.05) is 0 Å². The highest BCUT2D eigenvalue weighted by Crippen LogP contribution is 2.13. The van der Waals surface area contributed by atoms with E-state index in [9.17, 15) is 8.42 Å². The summed E-state index contributed by atoms with van der Waals surface area (Å²) in [5.74, 6) is -0.131. The number of aromatic nitrogens is 2. The number of nitrogens with one attached hydrogen (secondary N) is 2. The first-order valence-electron chi connectivity index (χ1n) is 5.36. The number of benzene rings is 1.